The molecule has 0 aromatic carbocycles. The van der Waals surface area contributed by atoms with Crippen LogP contribution in [0.3, 0.4) is 0 Å². The van der Waals surface area contributed by atoms with E-state index < -0.39 is 0 Å². The standard InChI is InChI=1S/C17H22ClN5O/c1-22-11-13(9-20-22)6-8-23-7-2-3-14(12-23)17(24)21-16-5-4-15(18)10-19-16/h4-5,9-11,14H,2-3,6-8,12H2,1H3,(H,19,21,24)/t14-/m0/s1. The lowest BCUT2D eigenvalue weighted by Crippen LogP contribution is -2.41. The highest BCUT2D eigenvalue weighted by Gasteiger charge is 2.25. The van der Waals surface area contributed by atoms with Gasteiger partial charge in [-0.1, -0.05) is 11.6 Å². The normalized spacial score (nSPS) is 18.5. The van der Waals surface area contributed by atoms with Gasteiger partial charge in [0.1, 0.15) is 5.82 Å². The highest BCUT2D eigenvalue weighted by molar-refractivity contribution is 6.30. The van der Waals surface area contributed by atoms with Crippen LogP contribution in [0.5, 0.6) is 0 Å². The number of carbonyl (C=O) groups is 1. The predicted octanol–water partition coefficient (Wildman–Crippen LogP) is 2.36. The minimum absolute atomic E-state index is 0.00475. The SMILES string of the molecule is Cn1cc(CCN2CCC[C@H](C(=O)Nc3ccc(Cl)cn3)C2)cn1. The molecule has 1 amide bonds. The first kappa shape index (κ1) is 16.9. The Kier molecular flexibility index (Phi) is 5.48. The van der Waals surface area contributed by atoms with Gasteiger partial charge in [-0.25, -0.2) is 4.98 Å². The quantitative estimate of drug-likeness (QED) is 0.901. The Balaban J connectivity index is 1.50. The number of likely N-dealkylation sites (tertiary alicyclic amines) is 1. The van der Waals surface area contributed by atoms with Crippen LogP contribution in [0.2, 0.25) is 5.02 Å². The van der Waals surface area contributed by atoms with Crippen molar-refractivity contribution in [2.75, 3.05) is 25.0 Å². The fraction of sp³-hybridized carbons (Fsp3) is 0.471. The Bertz CT molecular complexity index is 685. The first-order valence-corrected chi connectivity index (χ1v) is 8.60. The number of amides is 1. The van der Waals surface area contributed by atoms with Crippen LogP contribution in [0.4, 0.5) is 5.82 Å². The Labute approximate surface area is 146 Å². The van der Waals surface area contributed by atoms with Crippen LogP contribution in [-0.4, -0.2) is 45.2 Å². The van der Waals surface area contributed by atoms with Crippen LogP contribution in [0.25, 0.3) is 0 Å². The van der Waals surface area contributed by atoms with Crippen molar-refractivity contribution >= 4 is 23.3 Å². The van der Waals surface area contributed by atoms with E-state index in [-0.39, 0.29) is 11.8 Å². The van der Waals surface area contributed by atoms with Gasteiger partial charge in [-0.2, -0.15) is 5.10 Å². The summed E-state index contributed by atoms with van der Waals surface area (Å²) in [5.74, 6) is 0.595. The van der Waals surface area contributed by atoms with Gasteiger partial charge in [0.05, 0.1) is 17.1 Å². The maximum Gasteiger partial charge on any atom is 0.229 e. The minimum Gasteiger partial charge on any atom is -0.310 e. The van der Waals surface area contributed by atoms with Crippen molar-refractivity contribution in [1.29, 1.82) is 0 Å². The summed E-state index contributed by atoms with van der Waals surface area (Å²) in [7, 11) is 1.93. The number of halogens is 1. The number of rotatable bonds is 5. The number of nitrogens with one attached hydrogen (secondary N) is 1. The number of pyridine rings is 1. The van der Waals surface area contributed by atoms with E-state index in [2.05, 4.69) is 20.3 Å². The summed E-state index contributed by atoms with van der Waals surface area (Å²) in [6.45, 7) is 2.79. The summed E-state index contributed by atoms with van der Waals surface area (Å²) in [6.07, 6.45) is 8.40. The largest absolute Gasteiger partial charge is 0.310 e. The second-order valence-corrected chi connectivity index (χ2v) is 6.70. The molecule has 0 spiro atoms. The van der Waals surface area contributed by atoms with Crippen LogP contribution < -0.4 is 5.32 Å². The molecule has 3 rings (SSSR count). The molecule has 0 radical (unpaired) electrons. The van der Waals surface area contributed by atoms with Gasteiger partial charge in [-0.05, 0) is 43.5 Å². The summed E-state index contributed by atoms with van der Waals surface area (Å²) < 4.78 is 1.82. The van der Waals surface area contributed by atoms with Crippen LogP contribution in [-0.2, 0) is 18.3 Å². The third-order valence-corrected chi connectivity index (χ3v) is 4.55. The van der Waals surface area contributed by atoms with Gasteiger partial charge in [0.25, 0.3) is 0 Å². The molecular formula is C17H22ClN5O. The molecule has 1 fully saturated rings. The smallest absolute Gasteiger partial charge is 0.229 e. The van der Waals surface area contributed by atoms with E-state index in [1.54, 1.807) is 12.1 Å². The van der Waals surface area contributed by atoms with Crippen molar-refractivity contribution in [2.24, 2.45) is 13.0 Å². The van der Waals surface area contributed by atoms with E-state index in [4.69, 9.17) is 11.6 Å². The van der Waals surface area contributed by atoms with E-state index in [1.807, 2.05) is 24.1 Å². The van der Waals surface area contributed by atoms with E-state index in [0.717, 1.165) is 38.9 Å². The second-order valence-electron chi connectivity index (χ2n) is 6.26. The summed E-state index contributed by atoms with van der Waals surface area (Å²) in [4.78, 5) is 18.9. The number of hydrogen-bond acceptors (Lipinski definition) is 4. The average Bonchev–Trinajstić information content (AvgIpc) is 3.01. The fourth-order valence-corrected chi connectivity index (χ4v) is 3.15. The maximum atomic E-state index is 12.5. The van der Waals surface area contributed by atoms with Gasteiger partial charge in [-0.3, -0.25) is 9.48 Å². The van der Waals surface area contributed by atoms with Crippen LogP contribution in [0, 0.1) is 5.92 Å². The summed E-state index contributed by atoms with van der Waals surface area (Å²) >= 11 is 5.81. The predicted molar refractivity (Wildman–Crippen MR) is 94.0 cm³/mol. The van der Waals surface area contributed by atoms with Gasteiger partial charge in [0.15, 0.2) is 0 Å². The number of piperidine rings is 1. The number of hydrogen-bond donors (Lipinski definition) is 1. The molecule has 6 nitrogen and oxygen atoms in total. The van der Waals surface area contributed by atoms with Gasteiger partial charge >= 0.3 is 0 Å². The maximum absolute atomic E-state index is 12.5. The minimum atomic E-state index is 0.00475. The molecule has 3 heterocycles. The molecule has 2 aromatic rings. The molecule has 128 valence electrons. The molecule has 1 atom stereocenters. The highest BCUT2D eigenvalue weighted by atomic mass is 35.5. The summed E-state index contributed by atoms with van der Waals surface area (Å²) in [5.41, 5.74) is 1.23. The van der Waals surface area contributed by atoms with E-state index in [0.29, 0.717) is 10.8 Å². The van der Waals surface area contributed by atoms with Crippen LogP contribution in [0.1, 0.15) is 18.4 Å². The van der Waals surface area contributed by atoms with Gasteiger partial charge in [0.2, 0.25) is 5.91 Å². The van der Waals surface area contributed by atoms with Crippen LogP contribution in [0.15, 0.2) is 30.7 Å². The zero-order valence-corrected chi connectivity index (χ0v) is 14.5. The molecule has 2 aromatic heterocycles. The fourth-order valence-electron chi connectivity index (χ4n) is 3.04. The molecule has 1 N–H and O–H groups in total. The van der Waals surface area contributed by atoms with Crippen LogP contribution >= 0.6 is 11.6 Å². The van der Waals surface area contributed by atoms with Gasteiger partial charge in [0, 0.05) is 32.5 Å². The molecule has 0 unspecified atom stereocenters. The van der Waals surface area contributed by atoms with Crippen molar-refractivity contribution < 1.29 is 4.79 Å². The van der Waals surface area contributed by atoms with Gasteiger partial charge < -0.3 is 10.2 Å². The van der Waals surface area contributed by atoms with Crippen molar-refractivity contribution in [3.8, 4) is 0 Å². The van der Waals surface area contributed by atoms with Crippen molar-refractivity contribution in [2.45, 2.75) is 19.3 Å². The molecule has 0 bridgehead atoms. The number of aryl methyl sites for hydroxylation is 1. The Morgan fingerprint density at radius 2 is 2.29 bits per heavy atom. The monoisotopic (exact) mass is 347 g/mol. The van der Waals surface area contributed by atoms with Gasteiger partial charge in [-0.15, -0.1) is 0 Å². The number of aromatic nitrogens is 3. The van der Waals surface area contributed by atoms with Crippen molar-refractivity contribution in [1.82, 2.24) is 19.7 Å². The third-order valence-electron chi connectivity index (χ3n) is 4.33. The molecule has 24 heavy (non-hydrogen) atoms. The van der Waals surface area contributed by atoms with E-state index >= 15 is 0 Å². The molecule has 1 aliphatic rings. The zero-order chi connectivity index (χ0) is 16.9. The number of nitrogens with zero attached hydrogens (tertiary/aromatic N) is 4. The van der Waals surface area contributed by atoms with E-state index in [9.17, 15) is 4.79 Å². The second kappa shape index (κ2) is 7.77. The number of carbonyl (C=O) groups excluding carboxylic acids is 1. The van der Waals surface area contributed by atoms with Crippen molar-refractivity contribution in [3.05, 3.63) is 41.3 Å². The molecule has 7 heteroatoms. The van der Waals surface area contributed by atoms with Crippen molar-refractivity contribution in [3.63, 3.8) is 0 Å². The lowest BCUT2D eigenvalue weighted by molar-refractivity contribution is -0.121. The first-order valence-electron chi connectivity index (χ1n) is 8.22. The Morgan fingerprint density at radius 1 is 1.42 bits per heavy atom. The first-order chi connectivity index (χ1) is 11.6. The lowest BCUT2D eigenvalue weighted by Gasteiger charge is -2.31. The number of anilines is 1. The van der Waals surface area contributed by atoms with E-state index in [1.165, 1.54) is 11.8 Å². The topological polar surface area (TPSA) is 63.1 Å². The molecule has 1 saturated heterocycles. The Morgan fingerprint density at radius 3 is 3.00 bits per heavy atom. The molecule has 0 saturated carbocycles. The Hall–Kier alpha value is -1.92. The summed E-state index contributed by atoms with van der Waals surface area (Å²) in [6, 6.07) is 3.45. The summed E-state index contributed by atoms with van der Waals surface area (Å²) in [5, 5.41) is 7.64. The highest BCUT2D eigenvalue weighted by Crippen LogP contribution is 2.19. The lowest BCUT2D eigenvalue weighted by atomic mass is 9.97. The zero-order valence-electron chi connectivity index (χ0n) is 13.8. The third kappa shape index (κ3) is 4.55. The average molecular weight is 348 g/mol. The molecule has 0 aliphatic carbocycles. The molecule has 1 aliphatic heterocycles. The molecular weight excluding hydrogens is 326 g/mol.